The number of hydrogen-bond donors (Lipinski definition) is 3. The Morgan fingerprint density at radius 3 is 2.71 bits per heavy atom. The zero-order chi connectivity index (χ0) is 10.8. The molecule has 0 aromatic heterocycles. The molecule has 3 N–H and O–H groups in total. The van der Waals surface area contributed by atoms with Gasteiger partial charge >= 0.3 is 5.97 Å². The maximum atomic E-state index is 10.6. The van der Waals surface area contributed by atoms with E-state index in [-0.39, 0.29) is 5.57 Å². The maximum absolute atomic E-state index is 10.6. The van der Waals surface area contributed by atoms with Crippen LogP contribution in [0.3, 0.4) is 0 Å². The first kappa shape index (κ1) is 12.6. The molecule has 0 unspecified atom stereocenters. The molecular formula is C10H16N2O2. The predicted octanol–water partition coefficient (Wildman–Crippen LogP) is 0.854. The van der Waals surface area contributed by atoms with Crippen molar-refractivity contribution >= 4 is 5.97 Å². The van der Waals surface area contributed by atoms with Gasteiger partial charge in [0.1, 0.15) is 0 Å². The van der Waals surface area contributed by atoms with Crippen molar-refractivity contribution in [2.75, 3.05) is 13.6 Å². The SMILES string of the molecule is C/C=C/C(=C\C=C\CNNC)C(=O)O. The Balaban J connectivity index is 4.16. The lowest BCUT2D eigenvalue weighted by molar-refractivity contribution is -0.132. The van der Waals surface area contributed by atoms with Crippen molar-refractivity contribution in [2.24, 2.45) is 0 Å². The van der Waals surface area contributed by atoms with Crippen LogP contribution >= 0.6 is 0 Å². The molecule has 4 heteroatoms. The average Bonchev–Trinajstić information content (AvgIpc) is 2.15. The largest absolute Gasteiger partial charge is 0.478 e. The molecule has 0 saturated carbocycles. The number of rotatable bonds is 6. The van der Waals surface area contributed by atoms with Gasteiger partial charge in [0.05, 0.1) is 5.57 Å². The van der Waals surface area contributed by atoms with Crippen molar-refractivity contribution in [3.05, 3.63) is 36.0 Å². The highest BCUT2D eigenvalue weighted by Crippen LogP contribution is 1.97. The monoisotopic (exact) mass is 196 g/mol. The van der Waals surface area contributed by atoms with Crippen LogP contribution in [0.1, 0.15) is 6.92 Å². The number of hydrazine groups is 1. The number of aliphatic carboxylic acids is 1. The van der Waals surface area contributed by atoms with E-state index in [0.717, 1.165) is 0 Å². The number of nitrogens with one attached hydrogen (secondary N) is 2. The fourth-order valence-electron chi connectivity index (χ4n) is 0.778. The molecule has 0 amide bonds. The Kier molecular flexibility index (Phi) is 7.40. The van der Waals surface area contributed by atoms with E-state index < -0.39 is 5.97 Å². The normalized spacial score (nSPS) is 12.9. The molecule has 0 aromatic carbocycles. The fourth-order valence-corrected chi connectivity index (χ4v) is 0.778. The van der Waals surface area contributed by atoms with Gasteiger partial charge in [-0.1, -0.05) is 24.3 Å². The van der Waals surface area contributed by atoms with Gasteiger partial charge < -0.3 is 5.11 Å². The molecule has 0 spiro atoms. The molecule has 0 bridgehead atoms. The minimum absolute atomic E-state index is 0.271. The molecule has 0 radical (unpaired) electrons. The lowest BCUT2D eigenvalue weighted by Crippen LogP contribution is -2.27. The van der Waals surface area contributed by atoms with Crippen molar-refractivity contribution < 1.29 is 9.90 Å². The van der Waals surface area contributed by atoms with Crippen LogP contribution in [0.4, 0.5) is 0 Å². The first-order chi connectivity index (χ1) is 6.72. The number of carboxylic acids is 1. The zero-order valence-electron chi connectivity index (χ0n) is 8.45. The molecule has 14 heavy (non-hydrogen) atoms. The lowest BCUT2D eigenvalue weighted by Gasteiger charge is -1.94. The first-order valence-corrected chi connectivity index (χ1v) is 4.34. The van der Waals surface area contributed by atoms with Gasteiger partial charge in [-0.15, -0.1) is 0 Å². The van der Waals surface area contributed by atoms with Gasteiger partial charge in [0.25, 0.3) is 0 Å². The van der Waals surface area contributed by atoms with Gasteiger partial charge in [-0.05, 0) is 20.0 Å². The van der Waals surface area contributed by atoms with Crippen molar-refractivity contribution in [1.82, 2.24) is 10.9 Å². The standard InChI is InChI=1S/C10H16N2O2/c1-3-6-9(10(13)14)7-4-5-8-12-11-2/h3-7,11-12H,8H2,1-2H3,(H,13,14)/b5-4+,6-3+,9-7+. The second-order valence-corrected chi connectivity index (χ2v) is 2.49. The van der Waals surface area contributed by atoms with Crippen LogP contribution in [0.2, 0.25) is 0 Å². The molecule has 78 valence electrons. The third-order valence-electron chi connectivity index (χ3n) is 1.40. The first-order valence-electron chi connectivity index (χ1n) is 4.34. The summed E-state index contributed by atoms with van der Waals surface area (Å²) < 4.78 is 0. The van der Waals surface area contributed by atoms with Crippen molar-refractivity contribution in [3.8, 4) is 0 Å². The summed E-state index contributed by atoms with van der Waals surface area (Å²) in [5.74, 6) is -0.922. The van der Waals surface area contributed by atoms with E-state index in [2.05, 4.69) is 10.9 Å². The van der Waals surface area contributed by atoms with Crippen LogP contribution in [0, 0.1) is 0 Å². The minimum Gasteiger partial charge on any atom is -0.478 e. The second kappa shape index (κ2) is 8.22. The van der Waals surface area contributed by atoms with E-state index >= 15 is 0 Å². The second-order valence-electron chi connectivity index (χ2n) is 2.49. The highest BCUT2D eigenvalue weighted by atomic mass is 16.4. The van der Waals surface area contributed by atoms with Crippen LogP contribution < -0.4 is 10.9 Å². The molecule has 4 nitrogen and oxygen atoms in total. The van der Waals surface area contributed by atoms with Gasteiger partial charge in [0, 0.05) is 6.54 Å². The molecule has 0 aromatic rings. The third kappa shape index (κ3) is 6.16. The van der Waals surface area contributed by atoms with Crippen LogP contribution in [-0.4, -0.2) is 24.7 Å². The fraction of sp³-hybridized carbons (Fsp3) is 0.300. The Labute approximate surface area is 84.0 Å². The number of carboxylic acid groups (broad SMARTS) is 1. The maximum Gasteiger partial charge on any atom is 0.335 e. The number of hydrogen-bond acceptors (Lipinski definition) is 3. The summed E-state index contributed by atoms with van der Waals surface area (Å²) in [5.41, 5.74) is 5.87. The van der Waals surface area contributed by atoms with E-state index in [1.807, 2.05) is 6.08 Å². The topological polar surface area (TPSA) is 61.4 Å². The molecule has 0 fully saturated rings. The van der Waals surface area contributed by atoms with E-state index in [1.54, 1.807) is 38.3 Å². The Hall–Kier alpha value is -1.39. The van der Waals surface area contributed by atoms with E-state index in [1.165, 1.54) is 0 Å². The van der Waals surface area contributed by atoms with Crippen molar-refractivity contribution in [3.63, 3.8) is 0 Å². The number of allylic oxidation sites excluding steroid dienone is 3. The molecular weight excluding hydrogens is 180 g/mol. The summed E-state index contributed by atoms with van der Waals surface area (Å²) in [4.78, 5) is 10.6. The lowest BCUT2D eigenvalue weighted by atomic mass is 10.2. The van der Waals surface area contributed by atoms with Gasteiger partial charge in [0.15, 0.2) is 0 Å². The van der Waals surface area contributed by atoms with Crippen LogP contribution in [0.15, 0.2) is 36.0 Å². The Morgan fingerprint density at radius 1 is 1.50 bits per heavy atom. The van der Waals surface area contributed by atoms with E-state index in [4.69, 9.17) is 5.11 Å². The summed E-state index contributed by atoms with van der Waals surface area (Å²) in [6, 6.07) is 0. The predicted molar refractivity (Wildman–Crippen MR) is 56.7 cm³/mol. The summed E-state index contributed by atoms with van der Waals surface area (Å²) in [6.45, 7) is 2.43. The van der Waals surface area contributed by atoms with E-state index in [9.17, 15) is 4.79 Å². The number of carbonyl (C=O) groups is 1. The highest BCUT2D eigenvalue weighted by molar-refractivity contribution is 5.90. The van der Waals surface area contributed by atoms with E-state index in [0.29, 0.717) is 6.54 Å². The quantitative estimate of drug-likeness (QED) is 0.255. The Morgan fingerprint density at radius 2 is 2.21 bits per heavy atom. The van der Waals surface area contributed by atoms with Crippen molar-refractivity contribution in [2.45, 2.75) is 6.92 Å². The molecule has 0 aliphatic carbocycles. The van der Waals surface area contributed by atoms with Gasteiger partial charge in [-0.2, -0.15) is 0 Å². The minimum atomic E-state index is -0.922. The zero-order valence-corrected chi connectivity index (χ0v) is 8.45. The smallest absolute Gasteiger partial charge is 0.335 e. The molecule has 0 saturated heterocycles. The van der Waals surface area contributed by atoms with Crippen molar-refractivity contribution in [1.29, 1.82) is 0 Å². The van der Waals surface area contributed by atoms with Gasteiger partial charge in [-0.3, -0.25) is 10.9 Å². The van der Waals surface area contributed by atoms with Gasteiger partial charge in [-0.25, -0.2) is 4.79 Å². The molecule has 0 heterocycles. The summed E-state index contributed by atoms with van der Waals surface area (Å²) in [7, 11) is 1.77. The van der Waals surface area contributed by atoms with Crippen LogP contribution in [0.5, 0.6) is 0 Å². The molecule has 0 rings (SSSR count). The molecule has 0 aliphatic heterocycles. The highest BCUT2D eigenvalue weighted by Gasteiger charge is 1.98. The van der Waals surface area contributed by atoms with Crippen LogP contribution in [0.25, 0.3) is 0 Å². The molecule has 0 aliphatic rings. The Bertz CT molecular complexity index is 255. The summed E-state index contributed by atoms with van der Waals surface area (Å²) in [6.07, 6.45) is 8.33. The average molecular weight is 196 g/mol. The molecule has 0 atom stereocenters. The van der Waals surface area contributed by atoms with Crippen LogP contribution in [-0.2, 0) is 4.79 Å². The summed E-state index contributed by atoms with van der Waals surface area (Å²) >= 11 is 0. The third-order valence-corrected chi connectivity index (χ3v) is 1.40. The van der Waals surface area contributed by atoms with Gasteiger partial charge in [0.2, 0.25) is 0 Å². The summed E-state index contributed by atoms with van der Waals surface area (Å²) in [5, 5.41) is 8.73.